The van der Waals surface area contributed by atoms with Crippen molar-refractivity contribution < 1.29 is 14.3 Å². The van der Waals surface area contributed by atoms with E-state index in [1.807, 2.05) is 24.3 Å². The van der Waals surface area contributed by atoms with Crippen LogP contribution in [-0.2, 0) is 16.6 Å². The summed E-state index contributed by atoms with van der Waals surface area (Å²) >= 11 is 0. The number of likely N-dealkylation sites (tertiary alicyclic amines) is 1. The number of fused-ring (bicyclic) bond motifs is 2. The van der Waals surface area contributed by atoms with E-state index in [-0.39, 0.29) is 17.9 Å². The maximum Gasteiger partial charge on any atom is 0.276 e. The highest BCUT2D eigenvalue weighted by Gasteiger charge is 2.32. The molecule has 0 bridgehead atoms. The molecule has 2 aromatic rings. The van der Waals surface area contributed by atoms with Crippen molar-refractivity contribution in [1.82, 2.24) is 19.6 Å². The number of aryl methyl sites for hydroxylation is 1. The van der Waals surface area contributed by atoms with Gasteiger partial charge in [0.05, 0.1) is 36.0 Å². The van der Waals surface area contributed by atoms with E-state index in [1.165, 1.54) is 37.0 Å². The van der Waals surface area contributed by atoms with Gasteiger partial charge in [-0.2, -0.15) is 5.10 Å². The van der Waals surface area contributed by atoms with E-state index < -0.39 is 0 Å². The minimum atomic E-state index is -0.258. The molecular weight excluding hydrogens is 444 g/mol. The number of hydrogen-bond donors (Lipinski definition) is 1. The predicted molar refractivity (Wildman–Crippen MR) is 135 cm³/mol. The highest BCUT2D eigenvalue weighted by molar-refractivity contribution is 6.16. The number of anilines is 3. The molecule has 1 aromatic carbocycles. The number of ether oxygens (including phenoxy) is 1. The molecule has 4 heterocycles. The first-order valence-corrected chi connectivity index (χ1v) is 12.9. The van der Waals surface area contributed by atoms with Gasteiger partial charge in [0.15, 0.2) is 0 Å². The number of amides is 2. The zero-order valence-corrected chi connectivity index (χ0v) is 20.6. The van der Waals surface area contributed by atoms with Crippen molar-refractivity contribution in [2.45, 2.75) is 44.6 Å². The number of nitrogens with zero attached hydrogens (tertiary/aromatic N) is 5. The third-order valence-electron chi connectivity index (χ3n) is 7.32. The fourth-order valence-corrected chi connectivity index (χ4v) is 5.44. The molecule has 1 unspecified atom stereocenters. The number of morpholine rings is 1. The van der Waals surface area contributed by atoms with Crippen LogP contribution in [0.5, 0.6) is 0 Å². The van der Waals surface area contributed by atoms with E-state index in [1.54, 1.807) is 18.1 Å². The van der Waals surface area contributed by atoms with E-state index in [4.69, 9.17) is 4.74 Å². The summed E-state index contributed by atoms with van der Waals surface area (Å²) in [5.74, 6) is -0.287. The monoisotopic (exact) mass is 480 g/mol. The van der Waals surface area contributed by atoms with E-state index in [0.29, 0.717) is 29.2 Å². The summed E-state index contributed by atoms with van der Waals surface area (Å²) in [4.78, 5) is 32.9. The quantitative estimate of drug-likeness (QED) is 0.656. The molecule has 188 valence electrons. The number of rotatable bonds is 7. The van der Waals surface area contributed by atoms with Gasteiger partial charge in [-0.15, -0.1) is 0 Å². The normalized spacial score (nSPS) is 21.2. The van der Waals surface area contributed by atoms with Crippen LogP contribution < -0.4 is 10.2 Å². The lowest BCUT2D eigenvalue weighted by atomic mass is 10.1. The van der Waals surface area contributed by atoms with Gasteiger partial charge in [0.25, 0.3) is 5.91 Å². The fraction of sp³-hybridized carbons (Fsp3) is 0.577. The fourth-order valence-electron chi connectivity index (χ4n) is 5.44. The Bertz CT molecular complexity index is 1050. The average molecular weight is 481 g/mol. The van der Waals surface area contributed by atoms with E-state index in [2.05, 4.69) is 20.2 Å². The zero-order valence-electron chi connectivity index (χ0n) is 20.6. The Hall–Kier alpha value is -2.75. The molecule has 3 aliphatic heterocycles. The maximum absolute atomic E-state index is 13.5. The van der Waals surface area contributed by atoms with Crippen molar-refractivity contribution in [3.63, 3.8) is 0 Å². The molecule has 2 amide bonds. The van der Waals surface area contributed by atoms with Gasteiger partial charge in [0.2, 0.25) is 5.91 Å². The average Bonchev–Trinajstić information content (AvgIpc) is 3.19. The second kappa shape index (κ2) is 10.9. The SMILES string of the molecule is Cn1ncc2c1C(=O)Nc1ccccc1N2C(=O)CCCN1CCOC(CCN2CCCCC2)C1. The lowest BCUT2D eigenvalue weighted by Crippen LogP contribution is -2.44. The molecule has 0 radical (unpaired) electrons. The molecule has 2 saturated heterocycles. The van der Waals surface area contributed by atoms with Gasteiger partial charge in [-0.1, -0.05) is 18.6 Å². The third-order valence-corrected chi connectivity index (χ3v) is 7.32. The molecule has 9 heteroatoms. The summed E-state index contributed by atoms with van der Waals surface area (Å²) < 4.78 is 7.56. The van der Waals surface area contributed by atoms with Crippen molar-refractivity contribution >= 4 is 28.9 Å². The number of carbonyl (C=O) groups is 2. The lowest BCUT2D eigenvalue weighted by molar-refractivity contribution is -0.118. The Morgan fingerprint density at radius 2 is 1.91 bits per heavy atom. The highest BCUT2D eigenvalue weighted by atomic mass is 16.5. The zero-order chi connectivity index (χ0) is 24.2. The number of piperidine rings is 1. The predicted octanol–water partition coefficient (Wildman–Crippen LogP) is 3.01. The Kier molecular flexibility index (Phi) is 7.46. The first-order valence-electron chi connectivity index (χ1n) is 12.9. The summed E-state index contributed by atoms with van der Waals surface area (Å²) in [5, 5.41) is 7.16. The van der Waals surface area contributed by atoms with Gasteiger partial charge in [-0.25, -0.2) is 0 Å². The molecule has 1 aromatic heterocycles. The van der Waals surface area contributed by atoms with Gasteiger partial charge in [0, 0.05) is 33.1 Å². The summed E-state index contributed by atoms with van der Waals surface area (Å²) in [5.41, 5.74) is 2.23. The van der Waals surface area contributed by atoms with Gasteiger partial charge >= 0.3 is 0 Å². The van der Waals surface area contributed by atoms with Crippen LogP contribution in [0.3, 0.4) is 0 Å². The first-order chi connectivity index (χ1) is 17.1. The van der Waals surface area contributed by atoms with E-state index >= 15 is 0 Å². The molecule has 1 N–H and O–H groups in total. The molecular formula is C26H36N6O3. The maximum atomic E-state index is 13.5. The van der Waals surface area contributed by atoms with Crippen molar-refractivity contribution in [2.75, 3.05) is 56.1 Å². The smallest absolute Gasteiger partial charge is 0.276 e. The van der Waals surface area contributed by atoms with Crippen LogP contribution in [-0.4, -0.2) is 83.4 Å². The number of benzene rings is 1. The van der Waals surface area contributed by atoms with Gasteiger partial charge in [-0.05, 0) is 57.5 Å². The van der Waals surface area contributed by atoms with Crippen LogP contribution >= 0.6 is 0 Å². The molecule has 2 fully saturated rings. The molecule has 0 saturated carbocycles. The Morgan fingerprint density at radius 1 is 1.09 bits per heavy atom. The van der Waals surface area contributed by atoms with Crippen LogP contribution in [0.15, 0.2) is 30.5 Å². The van der Waals surface area contributed by atoms with Crippen LogP contribution in [0.1, 0.15) is 49.0 Å². The first kappa shape index (κ1) is 24.0. The Labute approximate surface area is 207 Å². The van der Waals surface area contributed by atoms with Crippen molar-refractivity contribution in [1.29, 1.82) is 0 Å². The minimum Gasteiger partial charge on any atom is -0.376 e. The summed E-state index contributed by atoms with van der Waals surface area (Å²) in [6, 6.07) is 7.43. The van der Waals surface area contributed by atoms with Gasteiger partial charge in [0.1, 0.15) is 5.69 Å². The lowest BCUT2D eigenvalue weighted by Gasteiger charge is -2.35. The number of para-hydroxylation sites is 2. The Morgan fingerprint density at radius 3 is 2.77 bits per heavy atom. The molecule has 35 heavy (non-hydrogen) atoms. The van der Waals surface area contributed by atoms with Crippen LogP contribution in [0, 0.1) is 0 Å². The number of hydrogen-bond acceptors (Lipinski definition) is 6. The molecule has 0 spiro atoms. The van der Waals surface area contributed by atoms with Crippen molar-refractivity contribution in [3.8, 4) is 0 Å². The second-order valence-corrected chi connectivity index (χ2v) is 9.79. The topological polar surface area (TPSA) is 82.9 Å². The van der Waals surface area contributed by atoms with Gasteiger partial charge < -0.3 is 15.0 Å². The third kappa shape index (κ3) is 5.42. The van der Waals surface area contributed by atoms with E-state index in [0.717, 1.165) is 45.6 Å². The largest absolute Gasteiger partial charge is 0.376 e. The van der Waals surface area contributed by atoms with E-state index in [9.17, 15) is 9.59 Å². The highest BCUT2D eigenvalue weighted by Crippen LogP contribution is 2.38. The number of aromatic nitrogens is 2. The molecule has 9 nitrogen and oxygen atoms in total. The summed E-state index contributed by atoms with van der Waals surface area (Å²) in [7, 11) is 1.72. The summed E-state index contributed by atoms with van der Waals surface area (Å²) in [6.07, 6.45) is 8.10. The molecule has 5 rings (SSSR count). The van der Waals surface area contributed by atoms with Crippen molar-refractivity contribution in [2.24, 2.45) is 7.05 Å². The summed E-state index contributed by atoms with van der Waals surface area (Å²) in [6.45, 7) is 7.01. The number of carbonyl (C=O) groups excluding carboxylic acids is 2. The van der Waals surface area contributed by atoms with Crippen molar-refractivity contribution in [3.05, 3.63) is 36.2 Å². The van der Waals surface area contributed by atoms with Crippen LogP contribution in [0.25, 0.3) is 0 Å². The Balaban J connectivity index is 1.18. The van der Waals surface area contributed by atoms with Crippen LogP contribution in [0.2, 0.25) is 0 Å². The second-order valence-electron chi connectivity index (χ2n) is 9.79. The van der Waals surface area contributed by atoms with Crippen LogP contribution in [0.4, 0.5) is 17.1 Å². The minimum absolute atomic E-state index is 0.0295. The molecule has 0 aliphatic carbocycles. The molecule has 1 atom stereocenters. The van der Waals surface area contributed by atoms with Gasteiger partial charge in [-0.3, -0.25) is 24.1 Å². The standard InChI is InChI=1S/C26H36N6O3/c1-29-25-23(18-27-29)32(22-9-4-3-8-21(22)28-26(25)34)24(33)10-7-14-31-16-17-35-20(19-31)11-15-30-12-5-2-6-13-30/h3-4,8-9,18,20H,2,5-7,10-17,19H2,1H3,(H,28,34). The number of nitrogens with one attached hydrogen (secondary N) is 1. The molecule has 3 aliphatic rings.